The van der Waals surface area contributed by atoms with Crippen molar-refractivity contribution in [2.75, 3.05) is 13.1 Å². The fourth-order valence-electron chi connectivity index (χ4n) is 2.99. The van der Waals surface area contributed by atoms with Crippen molar-refractivity contribution in [1.82, 2.24) is 10.3 Å². The van der Waals surface area contributed by atoms with Gasteiger partial charge in [-0.3, -0.25) is 0 Å². The highest BCUT2D eigenvalue weighted by atomic mass is 14.9. The highest BCUT2D eigenvalue weighted by molar-refractivity contribution is 5.84. The Morgan fingerprint density at radius 2 is 1.94 bits per heavy atom. The van der Waals surface area contributed by atoms with Crippen molar-refractivity contribution in [1.29, 1.82) is 0 Å². The number of hydrogen-bond acceptors (Lipinski definition) is 1. The van der Waals surface area contributed by atoms with Crippen molar-refractivity contribution in [3.05, 3.63) is 35.5 Å². The summed E-state index contributed by atoms with van der Waals surface area (Å²) in [4.78, 5) is 3.43. The Morgan fingerprint density at radius 1 is 1.17 bits per heavy atom. The number of piperidine rings is 1. The summed E-state index contributed by atoms with van der Waals surface area (Å²) >= 11 is 0. The number of aromatic nitrogens is 1. The van der Waals surface area contributed by atoms with E-state index in [0.717, 1.165) is 19.0 Å². The summed E-state index contributed by atoms with van der Waals surface area (Å²) in [5.74, 6) is 1.33. The molecule has 0 amide bonds. The normalized spacial score (nSPS) is 17.7. The molecule has 0 bridgehead atoms. The Morgan fingerprint density at radius 3 is 2.67 bits per heavy atom. The van der Waals surface area contributed by atoms with Gasteiger partial charge in [0.2, 0.25) is 0 Å². The molecule has 96 valence electrons. The quantitative estimate of drug-likeness (QED) is 0.824. The molecule has 2 heterocycles. The first-order valence-corrected chi connectivity index (χ1v) is 7.07. The molecule has 1 aliphatic heterocycles. The van der Waals surface area contributed by atoms with E-state index in [1.165, 1.54) is 34.9 Å². The van der Waals surface area contributed by atoms with Crippen LogP contribution >= 0.6 is 0 Å². The molecule has 0 radical (unpaired) electrons. The van der Waals surface area contributed by atoms with E-state index in [2.05, 4.69) is 48.5 Å². The van der Waals surface area contributed by atoms with Gasteiger partial charge in [-0.2, -0.15) is 0 Å². The monoisotopic (exact) mass is 242 g/mol. The first-order valence-electron chi connectivity index (χ1n) is 7.07. The Bertz CT molecular complexity index is 533. The van der Waals surface area contributed by atoms with Gasteiger partial charge in [0.25, 0.3) is 0 Å². The standard InChI is InChI=1S/C16H22N2/c1-11(2)13-3-4-16-14(9-13)15(10-18-16)12-5-7-17-8-6-12/h3-4,9-12,17-18H,5-8H2,1-2H3. The van der Waals surface area contributed by atoms with Crippen LogP contribution < -0.4 is 5.32 Å². The summed E-state index contributed by atoms with van der Waals surface area (Å²) in [6.45, 7) is 6.83. The van der Waals surface area contributed by atoms with Gasteiger partial charge >= 0.3 is 0 Å². The number of hydrogen-bond donors (Lipinski definition) is 2. The lowest BCUT2D eigenvalue weighted by Crippen LogP contribution is -2.26. The molecular formula is C16H22N2. The molecule has 0 atom stereocenters. The van der Waals surface area contributed by atoms with E-state index in [9.17, 15) is 0 Å². The molecule has 1 aliphatic rings. The molecule has 1 aromatic heterocycles. The zero-order valence-electron chi connectivity index (χ0n) is 11.3. The molecule has 2 aromatic rings. The second-order valence-electron chi connectivity index (χ2n) is 5.73. The van der Waals surface area contributed by atoms with Gasteiger partial charge in [-0.05, 0) is 61.0 Å². The van der Waals surface area contributed by atoms with Crippen LogP contribution in [0.15, 0.2) is 24.4 Å². The van der Waals surface area contributed by atoms with Crippen LogP contribution in [0.4, 0.5) is 0 Å². The molecule has 1 fully saturated rings. The van der Waals surface area contributed by atoms with E-state index in [-0.39, 0.29) is 0 Å². The van der Waals surface area contributed by atoms with E-state index in [1.807, 2.05) is 0 Å². The van der Waals surface area contributed by atoms with Crippen LogP contribution in [0.2, 0.25) is 0 Å². The summed E-state index contributed by atoms with van der Waals surface area (Å²) in [7, 11) is 0. The van der Waals surface area contributed by atoms with Crippen molar-refractivity contribution >= 4 is 10.9 Å². The lowest BCUT2D eigenvalue weighted by Gasteiger charge is -2.22. The molecule has 3 rings (SSSR count). The lowest BCUT2D eigenvalue weighted by atomic mass is 9.89. The van der Waals surface area contributed by atoms with E-state index >= 15 is 0 Å². The van der Waals surface area contributed by atoms with Crippen LogP contribution in [0.1, 0.15) is 49.7 Å². The largest absolute Gasteiger partial charge is 0.361 e. The first kappa shape index (κ1) is 11.8. The van der Waals surface area contributed by atoms with Gasteiger partial charge in [0.1, 0.15) is 0 Å². The Kier molecular flexibility index (Phi) is 3.13. The lowest BCUT2D eigenvalue weighted by molar-refractivity contribution is 0.462. The molecule has 0 saturated carbocycles. The maximum absolute atomic E-state index is 3.44. The second-order valence-corrected chi connectivity index (χ2v) is 5.73. The maximum atomic E-state index is 3.44. The van der Waals surface area contributed by atoms with Crippen LogP contribution in [-0.2, 0) is 0 Å². The minimum absolute atomic E-state index is 0.602. The fourth-order valence-corrected chi connectivity index (χ4v) is 2.99. The van der Waals surface area contributed by atoms with E-state index in [0.29, 0.717) is 5.92 Å². The number of fused-ring (bicyclic) bond motifs is 1. The highest BCUT2D eigenvalue weighted by Crippen LogP contribution is 2.32. The number of benzene rings is 1. The van der Waals surface area contributed by atoms with Crippen molar-refractivity contribution in [3.63, 3.8) is 0 Å². The van der Waals surface area contributed by atoms with Gasteiger partial charge in [-0.1, -0.05) is 19.9 Å². The Balaban J connectivity index is 2.03. The average molecular weight is 242 g/mol. The highest BCUT2D eigenvalue weighted by Gasteiger charge is 2.18. The van der Waals surface area contributed by atoms with Gasteiger partial charge in [-0.15, -0.1) is 0 Å². The van der Waals surface area contributed by atoms with Crippen molar-refractivity contribution < 1.29 is 0 Å². The van der Waals surface area contributed by atoms with Gasteiger partial charge < -0.3 is 10.3 Å². The molecule has 2 heteroatoms. The van der Waals surface area contributed by atoms with E-state index in [4.69, 9.17) is 0 Å². The molecule has 2 N–H and O–H groups in total. The predicted molar refractivity (Wildman–Crippen MR) is 77.2 cm³/mol. The molecule has 0 unspecified atom stereocenters. The third kappa shape index (κ3) is 2.05. The zero-order chi connectivity index (χ0) is 12.5. The van der Waals surface area contributed by atoms with Crippen LogP contribution in [0.5, 0.6) is 0 Å². The molecule has 1 aromatic carbocycles. The van der Waals surface area contributed by atoms with Crippen LogP contribution in [-0.4, -0.2) is 18.1 Å². The number of H-pyrrole nitrogens is 1. The van der Waals surface area contributed by atoms with Crippen LogP contribution in [0.25, 0.3) is 10.9 Å². The van der Waals surface area contributed by atoms with E-state index < -0.39 is 0 Å². The summed E-state index contributed by atoms with van der Waals surface area (Å²) in [5.41, 5.74) is 4.25. The maximum Gasteiger partial charge on any atom is 0.0457 e. The van der Waals surface area contributed by atoms with Crippen molar-refractivity contribution in [3.8, 4) is 0 Å². The zero-order valence-corrected chi connectivity index (χ0v) is 11.3. The summed E-state index contributed by atoms with van der Waals surface area (Å²) in [6, 6.07) is 6.86. The number of nitrogens with one attached hydrogen (secondary N) is 2. The molecule has 0 spiro atoms. The molecule has 0 aliphatic carbocycles. The predicted octanol–water partition coefficient (Wildman–Crippen LogP) is 3.76. The summed E-state index contributed by atoms with van der Waals surface area (Å²) < 4.78 is 0. The number of aromatic amines is 1. The van der Waals surface area contributed by atoms with Gasteiger partial charge in [0.05, 0.1) is 0 Å². The average Bonchev–Trinajstić information content (AvgIpc) is 2.82. The Hall–Kier alpha value is -1.28. The van der Waals surface area contributed by atoms with Crippen LogP contribution in [0, 0.1) is 0 Å². The van der Waals surface area contributed by atoms with Crippen molar-refractivity contribution in [2.45, 2.75) is 38.5 Å². The number of rotatable bonds is 2. The fraction of sp³-hybridized carbons (Fsp3) is 0.500. The summed E-state index contributed by atoms with van der Waals surface area (Å²) in [5, 5.41) is 4.88. The Labute approximate surface area is 109 Å². The smallest absolute Gasteiger partial charge is 0.0457 e. The third-order valence-corrected chi connectivity index (χ3v) is 4.18. The van der Waals surface area contributed by atoms with E-state index in [1.54, 1.807) is 0 Å². The SMILES string of the molecule is CC(C)c1ccc2[nH]cc(C3CCNCC3)c2c1. The molecule has 18 heavy (non-hydrogen) atoms. The minimum atomic E-state index is 0.602. The molecule has 2 nitrogen and oxygen atoms in total. The van der Waals surface area contributed by atoms with Gasteiger partial charge in [-0.25, -0.2) is 0 Å². The minimum Gasteiger partial charge on any atom is -0.361 e. The van der Waals surface area contributed by atoms with Gasteiger partial charge in [0.15, 0.2) is 0 Å². The summed E-state index contributed by atoms with van der Waals surface area (Å²) in [6.07, 6.45) is 4.75. The van der Waals surface area contributed by atoms with Gasteiger partial charge in [0, 0.05) is 17.1 Å². The topological polar surface area (TPSA) is 27.8 Å². The van der Waals surface area contributed by atoms with Crippen molar-refractivity contribution in [2.24, 2.45) is 0 Å². The van der Waals surface area contributed by atoms with Crippen LogP contribution in [0.3, 0.4) is 0 Å². The third-order valence-electron chi connectivity index (χ3n) is 4.18. The first-order chi connectivity index (χ1) is 8.75. The molecular weight excluding hydrogens is 220 g/mol. The second kappa shape index (κ2) is 4.77. The molecule has 1 saturated heterocycles.